The van der Waals surface area contributed by atoms with E-state index in [4.69, 9.17) is 11.5 Å². The molecule has 7 heteroatoms. The van der Waals surface area contributed by atoms with E-state index in [-0.39, 0.29) is 42.9 Å². The summed E-state index contributed by atoms with van der Waals surface area (Å²) in [6, 6.07) is -0.701. The van der Waals surface area contributed by atoms with Crippen LogP contribution in [0.25, 0.3) is 0 Å². The summed E-state index contributed by atoms with van der Waals surface area (Å²) in [5, 5.41) is 12.8. The molecule has 0 saturated heterocycles. The Kier molecular flexibility index (Phi) is 14.0. The van der Waals surface area contributed by atoms with Crippen molar-refractivity contribution in [1.29, 1.82) is 0 Å². The highest BCUT2D eigenvalue weighted by Gasteiger charge is 2.32. The molecule has 0 aliphatic heterocycles. The van der Waals surface area contributed by atoms with E-state index in [1.807, 2.05) is 0 Å². The average molecular weight is 400 g/mol. The first-order chi connectivity index (χ1) is 13.2. The third-order valence-corrected chi connectivity index (χ3v) is 5.17. The van der Waals surface area contributed by atoms with Crippen LogP contribution < -0.4 is 16.8 Å². The van der Waals surface area contributed by atoms with Crippen LogP contribution in [-0.4, -0.2) is 47.8 Å². The molecule has 0 aromatic heterocycles. The molecule has 4 atom stereocenters. The first-order valence-corrected chi connectivity index (χ1v) is 10.6. The molecule has 0 aromatic rings. The van der Waals surface area contributed by atoms with Crippen molar-refractivity contribution in [2.45, 2.75) is 84.8 Å². The molecule has 6 N–H and O–H groups in total. The minimum absolute atomic E-state index is 0.0790. The van der Waals surface area contributed by atoms with E-state index in [0.717, 1.165) is 25.7 Å². The topological polar surface area (TPSA) is 136 Å². The molecule has 0 aliphatic carbocycles. The van der Waals surface area contributed by atoms with Crippen molar-refractivity contribution in [2.24, 2.45) is 29.2 Å². The molecule has 0 saturated carbocycles. The molecule has 0 fully saturated rings. The number of amides is 1. The smallest absolute Gasteiger partial charge is 0.226 e. The number of unbranched alkanes of at least 4 members (excludes halogenated alkanes) is 3. The van der Waals surface area contributed by atoms with E-state index in [1.165, 1.54) is 6.92 Å². The molecule has 0 radical (unpaired) electrons. The lowest BCUT2D eigenvalue weighted by Gasteiger charge is -2.25. The Hall–Kier alpha value is -1.31. The van der Waals surface area contributed by atoms with Crippen molar-refractivity contribution in [2.75, 3.05) is 13.1 Å². The Morgan fingerprint density at radius 1 is 1.00 bits per heavy atom. The maximum Gasteiger partial charge on any atom is 0.226 e. The summed E-state index contributed by atoms with van der Waals surface area (Å²) < 4.78 is 0. The van der Waals surface area contributed by atoms with Crippen LogP contribution in [0.15, 0.2) is 0 Å². The van der Waals surface area contributed by atoms with Crippen molar-refractivity contribution in [3.8, 4) is 0 Å². The Bertz CT molecular complexity index is 480. The molecule has 0 heterocycles. The van der Waals surface area contributed by atoms with Crippen LogP contribution in [0, 0.1) is 17.8 Å². The summed E-state index contributed by atoms with van der Waals surface area (Å²) in [7, 11) is 0. The molecule has 0 spiro atoms. The highest BCUT2D eigenvalue weighted by Crippen LogP contribution is 2.19. The van der Waals surface area contributed by atoms with Gasteiger partial charge in [-0.2, -0.15) is 0 Å². The van der Waals surface area contributed by atoms with Gasteiger partial charge in [-0.15, -0.1) is 0 Å². The molecule has 1 amide bonds. The third kappa shape index (κ3) is 9.75. The fourth-order valence-electron chi connectivity index (χ4n) is 3.23. The Labute approximate surface area is 170 Å². The van der Waals surface area contributed by atoms with Crippen molar-refractivity contribution in [3.05, 3.63) is 0 Å². The van der Waals surface area contributed by atoms with Gasteiger partial charge in [0.15, 0.2) is 5.78 Å². The van der Waals surface area contributed by atoms with Crippen LogP contribution in [-0.2, 0) is 14.4 Å². The summed E-state index contributed by atoms with van der Waals surface area (Å²) in [6.07, 6.45) is 4.16. The standard InChI is InChI=1S/C21H41N3O4/c1-5-6-7-8-9-16(13-23)19(26)12-17(15(4)25)21(28)24-18(10-11-22)20(27)14(2)3/h14-18,25H,5-13,22-23H2,1-4H3,(H,24,28)/t15-,16?,17-,18-/m0/s1. The number of hydrogen-bond acceptors (Lipinski definition) is 6. The maximum absolute atomic E-state index is 12.7. The minimum Gasteiger partial charge on any atom is -0.393 e. The zero-order chi connectivity index (χ0) is 21.7. The number of carbonyl (C=O) groups excluding carboxylic acids is 3. The Balaban J connectivity index is 5.00. The fourth-order valence-corrected chi connectivity index (χ4v) is 3.23. The predicted octanol–water partition coefficient (Wildman–Crippen LogP) is 1.55. The van der Waals surface area contributed by atoms with Crippen molar-refractivity contribution < 1.29 is 19.5 Å². The van der Waals surface area contributed by atoms with Gasteiger partial charge in [0.1, 0.15) is 5.78 Å². The summed E-state index contributed by atoms with van der Waals surface area (Å²) in [4.78, 5) is 37.6. The summed E-state index contributed by atoms with van der Waals surface area (Å²) >= 11 is 0. The van der Waals surface area contributed by atoms with Crippen molar-refractivity contribution in [3.63, 3.8) is 0 Å². The first kappa shape index (κ1) is 26.7. The van der Waals surface area contributed by atoms with Gasteiger partial charge in [-0.1, -0.05) is 46.5 Å². The SMILES string of the molecule is CCCCCCC(CN)C(=O)C[C@H](C(=O)N[C@@H](CCN)C(=O)C(C)C)[C@H](C)O. The number of ketones is 2. The first-order valence-electron chi connectivity index (χ1n) is 10.6. The lowest BCUT2D eigenvalue weighted by atomic mass is 9.87. The van der Waals surface area contributed by atoms with Crippen LogP contribution in [0.4, 0.5) is 0 Å². The quantitative estimate of drug-likeness (QED) is 0.291. The van der Waals surface area contributed by atoms with Crippen molar-refractivity contribution in [1.82, 2.24) is 5.32 Å². The molecular formula is C21H41N3O4. The van der Waals surface area contributed by atoms with Crippen LogP contribution in [0.2, 0.25) is 0 Å². The predicted molar refractivity (Wildman–Crippen MR) is 112 cm³/mol. The van der Waals surface area contributed by atoms with Gasteiger partial charge in [-0.3, -0.25) is 14.4 Å². The average Bonchev–Trinajstić information content (AvgIpc) is 2.64. The molecule has 0 bridgehead atoms. The molecule has 1 unspecified atom stereocenters. The number of Topliss-reactive ketones (excluding diaryl/α,β-unsaturated/α-hetero) is 2. The molecule has 0 rings (SSSR count). The lowest BCUT2D eigenvalue weighted by Crippen LogP contribution is -2.48. The molecule has 164 valence electrons. The van der Waals surface area contributed by atoms with Crippen LogP contribution in [0.1, 0.15) is 72.6 Å². The molecule has 0 aromatic carbocycles. The third-order valence-electron chi connectivity index (χ3n) is 5.17. The van der Waals surface area contributed by atoms with Gasteiger partial charge in [0, 0.05) is 24.8 Å². The van der Waals surface area contributed by atoms with Gasteiger partial charge in [0.05, 0.1) is 18.1 Å². The number of aliphatic hydroxyl groups excluding tert-OH is 1. The van der Waals surface area contributed by atoms with Gasteiger partial charge >= 0.3 is 0 Å². The van der Waals surface area contributed by atoms with E-state index in [9.17, 15) is 19.5 Å². The van der Waals surface area contributed by atoms with E-state index in [1.54, 1.807) is 13.8 Å². The van der Waals surface area contributed by atoms with E-state index in [2.05, 4.69) is 12.2 Å². The normalized spacial score (nSPS) is 15.7. The molecule has 28 heavy (non-hydrogen) atoms. The maximum atomic E-state index is 12.7. The van der Waals surface area contributed by atoms with E-state index < -0.39 is 24.0 Å². The number of aliphatic hydroxyl groups is 1. The molecular weight excluding hydrogens is 358 g/mol. The monoisotopic (exact) mass is 399 g/mol. The van der Waals surface area contributed by atoms with Crippen LogP contribution in [0.5, 0.6) is 0 Å². The number of rotatable bonds is 16. The highest BCUT2D eigenvalue weighted by atomic mass is 16.3. The Morgan fingerprint density at radius 2 is 1.64 bits per heavy atom. The number of nitrogens with one attached hydrogen (secondary N) is 1. The van der Waals surface area contributed by atoms with Gasteiger partial charge in [-0.05, 0) is 26.3 Å². The van der Waals surface area contributed by atoms with Crippen LogP contribution in [0.3, 0.4) is 0 Å². The lowest BCUT2D eigenvalue weighted by molar-refractivity contribution is -0.137. The summed E-state index contributed by atoms with van der Waals surface area (Å²) in [6.45, 7) is 7.63. The second-order valence-electron chi connectivity index (χ2n) is 8.00. The Morgan fingerprint density at radius 3 is 2.11 bits per heavy atom. The fraction of sp³-hybridized carbons (Fsp3) is 0.857. The van der Waals surface area contributed by atoms with Crippen LogP contribution >= 0.6 is 0 Å². The van der Waals surface area contributed by atoms with Gasteiger partial charge in [0.25, 0.3) is 0 Å². The second kappa shape index (κ2) is 14.7. The highest BCUT2D eigenvalue weighted by molar-refractivity contribution is 5.93. The zero-order valence-electron chi connectivity index (χ0n) is 18.1. The van der Waals surface area contributed by atoms with Gasteiger partial charge in [-0.25, -0.2) is 0 Å². The number of nitrogens with two attached hydrogens (primary N) is 2. The largest absolute Gasteiger partial charge is 0.393 e. The van der Waals surface area contributed by atoms with Gasteiger partial charge < -0.3 is 21.9 Å². The zero-order valence-corrected chi connectivity index (χ0v) is 18.1. The van der Waals surface area contributed by atoms with E-state index >= 15 is 0 Å². The van der Waals surface area contributed by atoms with E-state index in [0.29, 0.717) is 12.8 Å². The second-order valence-corrected chi connectivity index (χ2v) is 8.00. The van der Waals surface area contributed by atoms with Crippen molar-refractivity contribution >= 4 is 17.5 Å². The molecule has 0 aliphatic rings. The number of carbonyl (C=O) groups is 3. The summed E-state index contributed by atoms with van der Waals surface area (Å²) in [5.74, 6) is -2.15. The molecule has 7 nitrogen and oxygen atoms in total. The summed E-state index contributed by atoms with van der Waals surface area (Å²) in [5.41, 5.74) is 11.3. The minimum atomic E-state index is -1.00. The number of hydrogen-bond donors (Lipinski definition) is 4. The van der Waals surface area contributed by atoms with Gasteiger partial charge in [0.2, 0.25) is 5.91 Å².